The molecular formula is C8H6BrClO2. The molecule has 0 fully saturated rings. The lowest BCUT2D eigenvalue weighted by atomic mass is 10.3. The number of hydrogen-bond donors (Lipinski definition) is 0. The molecule has 0 aliphatic rings. The predicted octanol–water partition coefficient (Wildman–Crippen LogP) is 2.64. The Hall–Kier alpha value is -0.540. The van der Waals surface area contributed by atoms with Crippen molar-refractivity contribution in [1.29, 1.82) is 0 Å². The van der Waals surface area contributed by atoms with Crippen LogP contribution in [0.4, 0.5) is 0 Å². The van der Waals surface area contributed by atoms with E-state index in [0.717, 1.165) is 0 Å². The van der Waals surface area contributed by atoms with E-state index in [0.29, 0.717) is 10.8 Å². The van der Waals surface area contributed by atoms with Crippen LogP contribution in [-0.2, 0) is 4.79 Å². The van der Waals surface area contributed by atoms with Gasteiger partial charge in [0, 0.05) is 5.02 Å². The molecule has 0 bridgehead atoms. The topological polar surface area (TPSA) is 26.3 Å². The number of benzene rings is 1. The van der Waals surface area contributed by atoms with Crippen LogP contribution in [0.15, 0.2) is 24.3 Å². The van der Waals surface area contributed by atoms with Crippen LogP contribution in [0.25, 0.3) is 0 Å². The average molecular weight is 249 g/mol. The number of carbonyl (C=O) groups excluding carboxylic acids is 1. The minimum atomic E-state index is -0.322. The van der Waals surface area contributed by atoms with Gasteiger partial charge in [0.25, 0.3) is 0 Å². The summed E-state index contributed by atoms with van der Waals surface area (Å²) in [6.07, 6.45) is 0. The second kappa shape index (κ2) is 4.48. The van der Waals surface area contributed by atoms with Crippen molar-refractivity contribution >= 4 is 33.5 Å². The Morgan fingerprint density at radius 1 is 1.42 bits per heavy atom. The fourth-order valence-corrected chi connectivity index (χ4v) is 0.902. The first-order valence-electron chi connectivity index (χ1n) is 3.24. The third kappa shape index (κ3) is 2.83. The van der Waals surface area contributed by atoms with Crippen molar-refractivity contribution in [1.82, 2.24) is 0 Å². The lowest BCUT2D eigenvalue weighted by Crippen LogP contribution is -2.08. The Morgan fingerprint density at radius 2 is 2.00 bits per heavy atom. The van der Waals surface area contributed by atoms with E-state index in [2.05, 4.69) is 15.9 Å². The first-order chi connectivity index (χ1) is 5.72. The molecule has 0 atom stereocenters. The van der Waals surface area contributed by atoms with Gasteiger partial charge in [-0.25, -0.2) is 0 Å². The summed E-state index contributed by atoms with van der Waals surface area (Å²) >= 11 is 8.62. The quantitative estimate of drug-likeness (QED) is 0.457. The van der Waals surface area contributed by atoms with Gasteiger partial charge in [0.1, 0.15) is 11.1 Å². The second-order valence-corrected chi connectivity index (χ2v) is 3.06. The van der Waals surface area contributed by atoms with Crippen molar-refractivity contribution < 1.29 is 9.53 Å². The summed E-state index contributed by atoms with van der Waals surface area (Å²) in [5.74, 6) is 0.182. The molecule has 64 valence electrons. The predicted molar refractivity (Wildman–Crippen MR) is 50.9 cm³/mol. The number of halogens is 2. The maximum absolute atomic E-state index is 10.8. The molecule has 0 saturated heterocycles. The number of esters is 1. The van der Waals surface area contributed by atoms with Crippen LogP contribution in [0, 0.1) is 0 Å². The minimum Gasteiger partial charge on any atom is -0.426 e. The zero-order valence-corrected chi connectivity index (χ0v) is 8.43. The molecule has 0 aliphatic heterocycles. The molecule has 0 spiro atoms. The lowest BCUT2D eigenvalue weighted by Gasteiger charge is -2.00. The van der Waals surface area contributed by atoms with E-state index in [1.54, 1.807) is 24.3 Å². The highest BCUT2D eigenvalue weighted by molar-refractivity contribution is 9.09. The van der Waals surface area contributed by atoms with Gasteiger partial charge >= 0.3 is 5.97 Å². The molecule has 2 nitrogen and oxygen atoms in total. The van der Waals surface area contributed by atoms with Crippen molar-refractivity contribution in [2.75, 3.05) is 5.33 Å². The highest BCUT2D eigenvalue weighted by Crippen LogP contribution is 2.15. The van der Waals surface area contributed by atoms with Crippen LogP contribution < -0.4 is 4.74 Å². The van der Waals surface area contributed by atoms with Crippen LogP contribution in [0.1, 0.15) is 0 Å². The SMILES string of the molecule is O=C(CBr)Oc1ccc(Cl)cc1. The fourth-order valence-electron chi connectivity index (χ4n) is 0.661. The van der Waals surface area contributed by atoms with E-state index in [-0.39, 0.29) is 11.3 Å². The van der Waals surface area contributed by atoms with Crippen molar-refractivity contribution in [3.05, 3.63) is 29.3 Å². The van der Waals surface area contributed by atoms with Crippen molar-refractivity contribution in [2.24, 2.45) is 0 Å². The van der Waals surface area contributed by atoms with Gasteiger partial charge in [-0.1, -0.05) is 27.5 Å². The summed E-state index contributed by atoms with van der Waals surface area (Å²) in [7, 11) is 0. The average Bonchev–Trinajstić information content (AvgIpc) is 2.09. The minimum absolute atomic E-state index is 0.190. The Labute approximate surface area is 83.6 Å². The molecule has 0 unspecified atom stereocenters. The second-order valence-electron chi connectivity index (χ2n) is 2.06. The molecule has 0 saturated carbocycles. The van der Waals surface area contributed by atoms with Gasteiger partial charge in [0.15, 0.2) is 0 Å². The molecular weight excluding hydrogens is 243 g/mol. The summed E-state index contributed by atoms with van der Waals surface area (Å²) < 4.78 is 4.87. The number of rotatable bonds is 2. The van der Waals surface area contributed by atoms with E-state index in [1.807, 2.05) is 0 Å². The Morgan fingerprint density at radius 3 is 2.50 bits per heavy atom. The summed E-state index contributed by atoms with van der Waals surface area (Å²) in [5.41, 5.74) is 0. The number of alkyl halides is 1. The first-order valence-corrected chi connectivity index (χ1v) is 4.74. The normalized spacial score (nSPS) is 9.50. The summed E-state index contributed by atoms with van der Waals surface area (Å²) in [6, 6.07) is 6.61. The monoisotopic (exact) mass is 248 g/mol. The molecule has 0 N–H and O–H groups in total. The molecule has 12 heavy (non-hydrogen) atoms. The van der Waals surface area contributed by atoms with E-state index >= 15 is 0 Å². The molecule has 0 heterocycles. The van der Waals surface area contributed by atoms with E-state index in [4.69, 9.17) is 16.3 Å². The highest BCUT2D eigenvalue weighted by atomic mass is 79.9. The molecule has 1 rings (SSSR count). The van der Waals surface area contributed by atoms with Gasteiger partial charge in [-0.15, -0.1) is 0 Å². The van der Waals surface area contributed by atoms with Crippen LogP contribution in [-0.4, -0.2) is 11.3 Å². The van der Waals surface area contributed by atoms with Crippen LogP contribution in [0.5, 0.6) is 5.75 Å². The van der Waals surface area contributed by atoms with Crippen LogP contribution in [0.2, 0.25) is 5.02 Å². The molecule has 1 aromatic carbocycles. The summed E-state index contributed by atoms with van der Waals surface area (Å²) in [5, 5.41) is 0.809. The standard InChI is InChI=1S/C8H6BrClO2/c9-5-8(11)12-7-3-1-6(10)2-4-7/h1-4H,5H2. The first kappa shape index (κ1) is 9.55. The Balaban J connectivity index is 2.64. The maximum Gasteiger partial charge on any atom is 0.321 e. The van der Waals surface area contributed by atoms with Gasteiger partial charge in [-0.2, -0.15) is 0 Å². The van der Waals surface area contributed by atoms with Gasteiger partial charge in [0.2, 0.25) is 0 Å². The molecule has 0 aromatic heterocycles. The Kier molecular flexibility index (Phi) is 3.56. The van der Waals surface area contributed by atoms with E-state index in [1.165, 1.54) is 0 Å². The zero-order chi connectivity index (χ0) is 8.97. The largest absolute Gasteiger partial charge is 0.426 e. The molecule has 1 aromatic rings. The van der Waals surface area contributed by atoms with E-state index in [9.17, 15) is 4.79 Å². The van der Waals surface area contributed by atoms with Crippen molar-refractivity contribution in [3.8, 4) is 5.75 Å². The van der Waals surface area contributed by atoms with Crippen LogP contribution >= 0.6 is 27.5 Å². The third-order valence-electron chi connectivity index (χ3n) is 1.15. The molecule has 0 amide bonds. The third-order valence-corrected chi connectivity index (χ3v) is 1.86. The van der Waals surface area contributed by atoms with Gasteiger partial charge < -0.3 is 4.74 Å². The summed E-state index contributed by atoms with van der Waals surface area (Å²) in [4.78, 5) is 10.8. The smallest absolute Gasteiger partial charge is 0.321 e. The van der Waals surface area contributed by atoms with Gasteiger partial charge in [-0.3, -0.25) is 4.79 Å². The van der Waals surface area contributed by atoms with E-state index < -0.39 is 0 Å². The van der Waals surface area contributed by atoms with Crippen LogP contribution in [0.3, 0.4) is 0 Å². The highest BCUT2D eigenvalue weighted by Gasteiger charge is 2.00. The molecule has 4 heteroatoms. The van der Waals surface area contributed by atoms with Crippen molar-refractivity contribution in [2.45, 2.75) is 0 Å². The molecule has 0 radical (unpaired) electrons. The van der Waals surface area contributed by atoms with Crippen molar-refractivity contribution in [3.63, 3.8) is 0 Å². The lowest BCUT2D eigenvalue weighted by molar-refractivity contribution is -0.131. The molecule has 0 aliphatic carbocycles. The number of ether oxygens (including phenoxy) is 1. The zero-order valence-electron chi connectivity index (χ0n) is 6.09. The Bertz CT molecular complexity index is 271. The number of carbonyl (C=O) groups is 1. The van der Waals surface area contributed by atoms with Gasteiger partial charge in [-0.05, 0) is 24.3 Å². The van der Waals surface area contributed by atoms with Gasteiger partial charge in [0.05, 0.1) is 0 Å². The fraction of sp³-hybridized carbons (Fsp3) is 0.125. The number of hydrogen-bond acceptors (Lipinski definition) is 2. The maximum atomic E-state index is 10.8. The summed E-state index contributed by atoms with van der Waals surface area (Å²) in [6.45, 7) is 0.